The smallest absolute Gasteiger partial charge is 0.319 e. The number of fused-ring (bicyclic) bond motifs is 2. The third kappa shape index (κ3) is 3.07. The number of urea groups is 1. The summed E-state index contributed by atoms with van der Waals surface area (Å²) in [6.07, 6.45) is 7.77. The number of amides is 2. The van der Waals surface area contributed by atoms with Crippen molar-refractivity contribution in [1.29, 1.82) is 0 Å². The van der Waals surface area contributed by atoms with Crippen LogP contribution in [0.3, 0.4) is 0 Å². The minimum absolute atomic E-state index is 0.0935. The molecule has 2 bridgehead atoms. The van der Waals surface area contributed by atoms with Crippen molar-refractivity contribution in [2.75, 3.05) is 11.9 Å². The van der Waals surface area contributed by atoms with Gasteiger partial charge in [-0.3, -0.25) is 4.90 Å². The van der Waals surface area contributed by atoms with Crippen LogP contribution >= 0.6 is 0 Å². The minimum Gasteiger partial charge on any atom is -0.351 e. The van der Waals surface area contributed by atoms with E-state index in [1.54, 1.807) is 4.90 Å². The molecule has 1 aliphatic carbocycles. The number of carbonyl (C=O) groups is 1. The van der Waals surface area contributed by atoms with Gasteiger partial charge in [0.1, 0.15) is 0 Å². The summed E-state index contributed by atoms with van der Waals surface area (Å²) in [7, 11) is 2.21. The van der Waals surface area contributed by atoms with Crippen molar-refractivity contribution in [3.63, 3.8) is 0 Å². The Balaban J connectivity index is 1.49. The number of nitrogens with zero attached hydrogens (tertiary/aromatic N) is 4. The molecule has 3 fully saturated rings. The Morgan fingerprint density at radius 3 is 2.57 bits per heavy atom. The predicted octanol–water partition coefficient (Wildman–Crippen LogP) is 3.51. The van der Waals surface area contributed by atoms with E-state index in [1.807, 2.05) is 24.3 Å². The predicted molar refractivity (Wildman–Crippen MR) is 106 cm³/mol. The van der Waals surface area contributed by atoms with Gasteiger partial charge in [-0.05, 0) is 57.7 Å². The highest BCUT2D eigenvalue weighted by molar-refractivity contribution is 5.95. The third-order valence-corrected chi connectivity index (χ3v) is 6.70. The van der Waals surface area contributed by atoms with Crippen LogP contribution in [0.1, 0.15) is 56.7 Å². The molecule has 148 valence electrons. The molecule has 0 spiro atoms. The number of carbonyl (C=O) groups excluding carboxylic acids is 1. The molecule has 0 radical (unpaired) electrons. The second-order valence-corrected chi connectivity index (χ2v) is 8.49. The normalized spacial score (nSPS) is 27.5. The number of benzene rings is 1. The molecule has 0 unspecified atom stereocenters. The molecule has 2 amide bonds. The maximum atomic E-state index is 12.6. The van der Waals surface area contributed by atoms with Crippen molar-refractivity contribution in [3.8, 4) is 11.5 Å². The summed E-state index contributed by atoms with van der Waals surface area (Å²) in [4.78, 5) is 21.4. The molecule has 1 aromatic carbocycles. The van der Waals surface area contributed by atoms with Gasteiger partial charge in [-0.15, -0.1) is 0 Å². The molecule has 3 atom stereocenters. The second-order valence-electron chi connectivity index (χ2n) is 8.49. The lowest BCUT2D eigenvalue weighted by Crippen LogP contribution is -2.57. The van der Waals surface area contributed by atoms with Gasteiger partial charge in [0.2, 0.25) is 0 Å². The Morgan fingerprint density at radius 2 is 1.89 bits per heavy atom. The van der Waals surface area contributed by atoms with Crippen LogP contribution < -0.4 is 10.6 Å². The van der Waals surface area contributed by atoms with E-state index in [4.69, 9.17) is 10.3 Å². The van der Waals surface area contributed by atoms with Crippen LogP contribution in [0.15, 0.2) is 28.8 Å². The fraction of sp³-hybridized carbons (Fsp3) is 0.571. The maximum Gasteiger partial charge on any atom is 0.319 e. The Kier molecular flexibility index (Phi) is 4.34. The first-order chi connectivity index (χ1) is 13.6. The molecule has 3 heterocycles. The van der Waals surface area contributed by atoms with Gasteiger partial charge in [0.05, 0.1) is 11.3 Å². The molecular formula is C21H27N5O2. The van der Waals surface area contributed by atoms with E-state index in [0.29, 0.717) is 23.9 Å². The number of nitrogens with two attached hydrogens (primary N) is 1. The van der Waals surface area contributed by atoms with E-state index < -0.39 is 6.03 Å². The molecular weight excluding hydrogens is 354 g/mol. The van der Waals surface area contributed by atoms with Crippen LogP contribution in [0, 0.1) is 0 Å². The number of aromatic nitrogens is 2. The standard InChI is InChI=1S/C21H27N5O2/c1-25-14-5-4-6-15(25)12-16(11-14)26(21(22)27)18-8-3-2-7-17(18)20-23-19(24-28-20)13-9-10-13/h2-3,7-8,13-16H,4-6,9-12H2,1H3,(H2,22,27)/t14-,15+,16+. The van der Waals surface area contributed by atoms with Crippen LogP contribution in [-0.4, -0.2) is 46.2 Å². The lowest BCUT2D eigenvalue weighted by Gasteiger charge is -2.49. The van der Waals surface area contributed by atoms with E-state index >= 15 is 0 Å². The fourth-order valence-electron chi connectivity index (χ4n) is 5.01. The van der Waals surface area contributed by atoms with E-state index in [0.717, 1.165) is 42.8 Å². The van der Waals surface area contributed by atoms with Crippen LogP contribution in [0.5, 0.6) is 0 Å². The fourth-order valence-corrected chi connectivity index (χ4v) is 5.01. The summed E-state index contributed by atoms with van der Waals surface area (Å²) in [5.74, 6) is 1.66. The SMILES string of the molecule is CN1[C@@H]2CCC[C@H]1C[C@@H](N(C(N)=O)c1ccccc1-c1nc(C3CC3)no1)C2. The van der Waals surface area contributed by atoms with E-state index in [1.165, 1.54) is 19.3 Å². The summed E-state index contributed by atoms with van der Waals surface area (Å²) in [6.45, 7) is 0. The highest BCUT2D eigenvalue weighted by Gasteiger charge is 2.40. The van der Waals surface area contributed by atoms with Gasteiger partial charge in [-0.2, -0.15) is 4.98 Å². The summed E-state index contributed by atoms with van der Waals surface area (Å²) < 4.78 is 5.55. The number of hydrogen-bond acceptors (Lipinski definition) is 5. The summed E-state index contributed by atoms with van der Waals surface area (Å²) in [5, 5.41) is 4.14. The van der Waals surface area contributed by atoms with E-state index in [9.17, 15) is 4.79 Å². The Morgan fingerprint density at radius 1 is 1.18 bits per heavy atom. The van der Waals surface area contributed by atoms with Crippen LogP contribution in [-0.2, 0) is 0 Å². The van der Waals surface area contributed by atoms with Gasteiger partial charge in [0, 0.05) is 24.0 Å². The van der Waals surface area contributed by atoms with Gasteiger partial charge >= 0.3 is 6.03 Å². The quantitative estimate of drug-likeness (QED) is 0.875. The lowest BCUT2D eigenvalue weighted by atomic mass is 9.81. The number of rotatable bonds is 4. The molecule has 1 aromatic heterocycles. The lowest BCUT2D eigenvalue weighted by molar-refractivity contribution is 0.0564. The molecule has 7 heteroatoms. The Hall–Kier alpha value is -2.41. The Bertz CT molecular complexity index is 863. The highest BCUT2D eigenvalue weighted by Crippen LogP contribution is 2.41. The van der Waals surface area contributed by atoms with Gasteiger partial charge in [0.25, 0.3) is 5.89 Å². The van der Waals surface area contributed by atoms with Crippen molar-refractivity contribution < 1.29 is 9.32 Å². The third-order valence-electron chi connectivity index (χ3n) is 6.70. The summed E-state index contributed by atoms with van der Waals surface area (Å²) >= 11 is 0. The number of para-hydroxylation sites is 1. The maximum absolute atomic E-state index is 12.6. The van der Waals surface area contributed by atoms with Gasteiger partial charge < -0.3 is 15.2 Å². The van der Waals surface area contributed by atoms with Crippen molar-refractivity contribution in [3.05, 3.63) is 30.1 Å². The van der Waals surface area contributed by atoms with Gasteiger partial charge in [-0.25, -0.2) is 4.79 Å². The van der Waals surface area contributed by atoms with Crippen molar-refractivity contribution in [1.82, 2.24) is 15.0 Å². The zero-order chi connectivity index (χ0) is 19.3. The minimum atomic E-state index is -0.415. The van der Waals surface area contributed by atoms with Crippen molar-refractivity contribution in [2.24, 2.45) is 5.73 Å². The summed E-state index contributed by atoms with van der Waals surface area (Å²) in [5.41, 5.74) is 7.46. The topological polar surface area (TPSA) is 88.5 Å². The number of anilines is 1. The molecule has 2 saturated heterocycles. The molecule has 1 saturated carbocycles. The molecule has 5 rings (SSSR count). The molecule has 2 N–H and O–H groups in total. The average Bonchev–Trinajstić information content (AvgIpc) is 3.40. The van der Waals surface area contributed by atoms with Crippen LogP contribution in [0.4, 0.5) is 10.5 Å². The molecule has 28 heavy (non-hydrogen) atoms. The zero-order valence-corrected chi connectivity index (χ0v) is 16.3. The zero-order valence-electron chi connectivity index (χ0n) is 16.3. The van der Waals surface area contributed by atoms with Crippen LogP contribution in [0.25, 0.3) is 11.5 Å². The second kappa shape index (κ2) is 6.88. The Labute approximate surface area is 164 Å². The molecule has 2 aliphatic heterocycles. The average molecular weight is 381 g/mol. The van der Waals surface area contributed by atoms with Crippen molar-refractivity contribution in [2.45, 2.75) is 69.0 Å². The number of piperidine rings is 2. The summed E-state index contributed by atoms with van der Waals surface area (Å²) in [6, 6.07) is 8.44. The largest absolute Gasteiger partial charge is 0.351 e. The van der Waals surface area contributed by atoms with E-state index in [2.05, 4.69) is 22.1 Å². The first kappa shape index (κ1) is 17.7. The number of primary amides is 1. The van der Waals surface area contributed by atoms with Crippen molar-refractivity contribution >= 4 is 11.7 Å². The number of hydrogen-bond donors (Lipinski definition) is 1. The molecule has 2 aromatic rings. The first-order valence-corrected chi connectivity index (χ1v) is 10.4. The highest BCUT2D eigenvalue weighted by atomic mass is 16.5. The monoisotopic (exact) mass is 381 g/mol. The van der Waals surface area contributed by atoms with Gasteiger partial charge in [0.15, 0.2) is 5.82 Å². The first-order valence-electron chi connectivity index (χ1n) is 10.4. The molecule has 3 aliphatic rings. The molecule has 7 nitrogen and oxygen atoms in total. The van der Waals surface area contributed by atoms with Crippen LogP contribution in [0.2, 0.25) is 0 Å². The van der Waals surface area contributed by atoms with E-state index in [-0.39, 0.29) is 6.04 Å². The van der Waals surface area contributed by atoms with Gasteiger partial charge in [-0.1, -0.05) is 23.7 Å².